The van der Waals surface area contributed by atoms with Crippen LogP contribution in [0.5, 0.6) is 0 Å². The predicted molar refractivity (Wildman–Crippen MR) is 105 cm³/mol. The van der Waals surface area contributed by atoms with E-state index in [1.54, 1.807) is 26.8 Å². The lowest BCUT2D eigenvalue weighted by Gasteiger charge is -2.36. The molecule has 3 rings (SSSR count). The number of fused-ring (bicyclic) bond motifs is 1. The number of thioether (sulfide) groups is 1. The zero-order chi connectivity index (χ0) is 19.8. The van der Waals surface area contributed by atoms with Crippen molar-refractivity contribution in [2.24, 2.45) is 10.9 Å². The number of nitrogens with one attached hydrogen (secondary N) is 1. The third-order valence-corrected chi connectivity index (χ3v) is 5.74. The first kappa shape index (κ1) is 19.9. The summed E-state index contributed by atoms with van der Waals surface area (Å²) in [5.41, 5.74) is 5.27. The van der Waals surface area contributed by atoms with Gasteiger partial charge in [0.05, 0.1) is 12.7 Å². The van der Waals surface area contributed by atoms with Crippen LogP contribution in [-0.4, -0.2) is 35.3 Å². The third-order valence-electron chi connectivity index (χ3n) is 4.75. The van der Waals surface area contributed by atoms with Crippen LogP contribution in [0, 0.1) is 11.7 Å². The zero-order valence-electron chi connectivity index (χ0n) is 16.0. The van der Waals surface area contributed by atoms with E-state index in [9.17, 15) is 9.18 Å². The highest BCUT2D eigenvalue weighted by molar-refractivity contribution is 8.13. The molecule has 0 spiro atoms. The third kappa shape index (κ3) is 4.06. The molecule has 0 aromatic heterocycles. The zero-order valence-corrected chi connectivity index (χ0v) is 16.9. The summed E-state index contributed by atoms with van der Waals surface area (Å²) < 4.78 is 26.0. The van der Waals surface area contributed by atoms with Crippen molar-refractivity contribution < 1.29 is 18.7 Å². The van der Waals surface area contributed by atoms with Crippen LogP contribution >= 0.6 is 11.8 Å². The Balaban J connectivity index is 1.98. The van der Waals surface area contributed by atoms with E-state index in [2.05, 4.69) is 5.32 Å². The second-order valence-corrected chi connectivity index (χ2v) is 8.89. The fraction of sp³-hybridized carbons (Fsp3) is 0.579. The van der Waals surface area contributed by atoms with Gasteiger partial charge in [0.1, 0.15) is 17.0 Å². The van der Waals surface area contributed by atoms with E-state index >= 15 is 0 Å². The van der Waals surface area contributed by atoms with Gasteiger partial charge in [-0.25, -0.2) is 14.2 Å². The first-order valence-corrected chi connectivity index (χ1v) is 10.0. The quantitative estimate of drug-likeness (QED) is 0.747. The monoisotopic (exact) mass is 395 g/mol. The van der Waals surface area contributed by atoms with Crippen molar-refractivity contribution in [3.8, 4) is 0 Å². The molecule has 148 valence electrons. The van der Waals surface area contributed by atoms with E-state index in [0.29, 0.717) is 22.2 Å². The molecule has 0 saturated carbocycles. The van der Waals surface area contributed by atoms with Gasteiger partial charge in [0.2, 0.25) is 0 Å². The van der Waals surface area contributed by atoms with Crippen LogP contribution < -0.4 is 11.1 Å². The fourth-order valence-electron chi connectivity index (χ4n) is 3.58. The number of rotatable bonds is 2. The first-order chi connectivity index (χ1) is 12.6. The topological polar surface area (TPSA) is 85.9 Å². The van der Waals surface area contributed by atoms with Gasteiger partial charge in [-0.1, -0.05) is 18.7 Å². The largest absolute Gasteiger partial charge is 0.444 e. The summed E-state index contributed by atoms with van der Waals surface area (Å²) in [5.74, 6) is 0.274. The lowest BCUT2D eigenvalue weighted by molar-refractivity contribution is 0.0564. The summed E-state index contributed by atoms with van der Waals surface area (Å²) in [6, 6.07) is 4.50. The van der Waals surface area contributed by atoms with E-state index in [1.165, 1.54) is 23.9 Å². The molecule has 27 heavy (non-hydrogen) atoms. The molecule has 0 aliphatic carbocycles. The van der Waals surface area contributed by atoms with Crippen molar-refractivity contribution in [1.82, 2.24) is 5.32 Å². The average molecular weight is 396 g/mol. The number of anilines is 1. The summed E-state index contributed by atoms with van der Waals surface area (Å²) in [7, 11) is 0. The molecule has 0 radical (unpaired) electrons. The number of nitrogen functional groups attached to an aromatic ring is 1. The molecule has 1 amide bonds. The smallest absolute Gasteiger partial charge is 0.413 e. The molecule has 1 fully saturated rings. The molecule has 1 unspecified atom stereocenters. The van der Waals surface area contributed by atoms with Crippen LogP contribution in [0.2, 0.25) is 0 Å². The Morgan fingerprint density at radius 3 is 2.93 bits per heavy atom. The number of hydrogen-bond acceptors (Lipinski definition) is 6. The van der Waals surface area contributed by atoms with Crippen molar-refractivity contribution in [2.75, 3.05) is 18.1 Å². The number of ether oxygens (including phenoxy) is 2. The molecular formula is C19H26FN3O3S. The van der Waals surface area contributed by atoms with Gasteiger partial charge in [0.25, 0.3) is 0 Å². The molecule has 2 aliphatic heterocycles. The molecule has 8 heteroatoms. The Kier molecular flexibility index (Phi) is 5.40. The summed E-state index contributed by atoms with van der Waals surface area (Å²) in [5, 5.41) is 3.10. The summed E-state index contributed by atoms with van der Waals surface area (Å²) in [4.78, 5) is 16.9. The SMILES string of the molecule is CC[C@H]1OC[C@]2(c3cc(N)ccc3F)N=C(NC(=O)OC(C)(C)C)SCC12. The Morgan fingerprint density at radius 1 is 1.52 bits per heavy atom. The minimum Gasteiger partial charge on any atom is -0.444 e. The lowest BCUT2D eigenvalue weighted by atomic mass is 9.78. The Hall–Kier alpha value is -1.80. The number of halogens is 1. The van der Waals surface area contributed by atoms with Crippen LogP contribution in [0.15, 0.2) is 23.2 Å². The molecule has 3 atom stereocenters. The van der Waals surface area contributed by atoms with Crippen molar-refractivity contribution in [3.63, 3.8) is 0 Å². The van der Waals surface area contributed by atoms with Crippen molar-refractivity contribution in [1.29, 1.82) is 0 Å². The van der Waals surface area contributed by atoms with Crippen molar-refractivity contribution in [2.45, 2.75) is 51.4 Å². The minimum atomic E-state index is -0.907. The van der Waals surface area contributed by atoms with E-state index in [0.717, 1.165) is 6.42 Å². The van der Waals surface area contributed by atoms with Gasteiger partial charge in [-0.15, -0.1) is 0 Å². The van der Waals surface area contributed by atoms with Gasteiger partial charge in [0, 0.05) is 22.9 Å². The number of benzene rings is 1. The number of nitrogens with zero attached hydrogens (tertiary/aromatic N) is 1. The fourth-order valence-corrected chi connectivity index (χ4v) is 4.79. The highest BCUT2D eigenvalue weighted by atomic mass is 32.2. The Labute approximate surface area is 163 Å². The normalized spacial score (nSPS) is 27.7. The lowest BCUT2D eigenvalue weighted by Crippen LogP contribution is -2.45. The van der Waals surface area contributed by atoms with Crippen LogP contribution in [0.4, 0.5) is 14.9 Å². The summed E-state index contributed by atoms with van der Waals surface area (Å²) in [6.45, 7) is 7.66. The highest BCUT2D eigenvalue weighted by Gasteiger charge is 2.53. The molecule has 6 nitrogen and oxygen atoms in total. The maximum atomic E-state index is 14.7. The maximum Gasteiger partial charge on any atom is 0.413 e. The van der Waals surface area contributed by atoms with Crippen LogP contribution in [0.25, 0.3) is 0 Å². The number of nitrogens with two attached hydrogens (primary N) is 1. The molecule has 1 saturated heterocycles. The van der Waals surface area contributed by atoms with Crippen LogP contribution in [-0.2, 0) is 15.0 Å². The van der Waals surface area contributed by atoms with E-state index in [-0.39, 0.29) is 24.4 Å². The number of amidine groups is 1. The van der Waals surface area contributed by atoms with Gasteiger partial charge in [-0.2, -0.15) is 0 Å². The Morgan fingerprint density at radius 2 is 2.26 bits per heavy atom. The summed E-state index contributed by atoms with van der Waals surface area (Å²) >= 11 is 1.42. The standard InChI is InChI=1S/C19H26FN3O3S/c1-5-15-13-9-27-16(22-17(24)26-18(2,3)4)23-19(13,10-25-15)12-8-11(21)6-7-14(12)20/h6-8,13,15H,5,9-10,21H2,1-4H3,(H,22,23,24)/t13?,15-,19-/m1/s1. The number of carbonyl (C=O) groups is 1. The number of hydrogen-bond donors (Lipinski definition) is 2. The van der Waals surface area contributed by atoms with Crippen molar-refractivity contribution >= 4 is 28.7 Å². The molecule has 1 aromatic carbocycles. The molecule has 0 bridgehead atoms. The van der Waals surface area contributed by atoms with E-state index < -0.39 is 17.2 Å². The Bertz CT molecular complexity index is 765. The van der Waals surface area contributed by atoms with Gasteiger partial charge in [-0.05, 0) is 45.4 Å². The first-order valence-electron chi connectivity index (χ1n) is 9.04. The minimum absolute atomic E-state index is 0.00649. The van der Waals surface area contributed by atoms with E-state index in [1.807, 2.05) is 6.92 Å². The molecule has 3 N–H and O–H groups in total. The van der Waals surface area contributed by atoms with Gasteiger partial charge in [0.15, 0.2) is 5.17 Å². The van der Waals surface area contributed by atoms with Crippen molar-refractivity contribution in [3.05, 3.63) is 29.6 Å². The predicted octanol–water partition coefficient (Wildman–Crippen LogP) is 3.66. The number of amides is 1. The highest BCUT2D eigenvalue weighted by Crippen LogP contribution is 2.49. The molecule has 2 heterocycles. The van der Waals surface area contributed by atoms with Gasteiger partial charge >= 0.3 is 6.09 Å². The molecular weight excluding hydrogens is 369 g/mol. The van der Waals surface area contributed by atoms with E-state index in [4.69, 9.17) is 20.2 Å². The number of aliphatic imine (C=N–C) groups is 1. The summed E-state index contributed by atoms with van der Waals surface area (Å²) in [6.07, 6.45) is 0.202. The molecule has 2 aliphatic rings. The van der Waals surface area contributed by atoms with Gasteiger partial charge < -0.3 is 15.2 Å². The second kappa shape index (κ2) is 7.31. The number of carbonyl (C=O) groups excluding carboxylic acids is 1. The average Bonchev–Trinajstić information content (AvgIpc) is 2.94. The molecule has 1 aromatic rings. The maximum absolute atomic E-state index is 14.7. The van der Waals surface area contributed by atoms with Gasteiger partial charge in [-0.3, -0.25) is 5.32 Å². The van der Waals surface area contributed by atoms with Crippen LogP contribution in [0.3, 0.4) is 0 Å². The van der Waals surface area contributed by atoms with Crippen LogP contribution in [0.1, 0.15) is 39.7 Å². The number of alkyl carbamates (subject to hydrolysis) is 1. The second-order valence-electron chi connectivity index (χ2n) is 7.88.